The van der Waals surface area contributed by atoms with Crippen LogP contribution < -0.4 is 10.2 Å². The Labute approximate surface area is 107 Å². The molecule has 0 aromatic carbocycles. The third-order valence-electron chi connectivity index (χ3n) is 3.38. The number of nitrogens with zero attached hydrogens (tertiary/aromatic N) is 2. The summed E-state index contributed by atoms with van der Waals surface area (Å²) in [5, 5.41) is 12.5. The van der Waals surface area contributed by atoms with Gasteiger partial charge in [-0.1, -0.05) is 0 Å². The molecule has 2 rings (SSSR count). The van der Waals surface area contributed by atoms with Gasteiger partial charge in [0, 0.05) is 18.8 Å². The van der Waals surface area contributed by atoms with Gasteiger partial charge in [-0.15, -0.1) is 0 Å². The largest absolute Gasteiger partial charge is 0.478 e. The van der Waals surface area contributed by atoms with Crippen LogP contribution in [-0.4, -0.2) is 41.7 Å². The van der Waals surface area contributed by atoms with Gasteiger partial charge in [0.05, 0.1) is 0 Å². The predicted octanol–water partition coefficient (Wildman–Crippen LogP) is 1.36. The fourth-order valence-corrected chi connectivity index (χ4v) is 2.49. The van der Waals surface area contributed by atoms with E-state index in [2.05, 4.69) is 15.2 Å². The molecule has 0 saturated carbocycles. The lowest BCUT2D eigenvalue weighted by atomic mass is 10.0. The zero-order valence-corrected chi connectivity index (χ0v) is 10.6. The maximum absolute atomic E-state index is 11.2. The average molecular weight is 249 g/mol. The van der Waals surface area contributed by atoms with E-state index in [1.807, 2.05) is 6.92 Å². The number of anilines is 1. The van der Waals surface area contributed by atoms with Gasteiger partial charge in [0.2, 0.25) is 0 Å². The van der Waals surface area contributed by atoms with Crippen LogP contribution in [0.5, 0.6) is 0 Å². The van der Waals surface area contributed by atoms with Crippen molar-refractivity contribution in [2.24, 2.45) is 0 Å². The van der Waals surface area contributed by atoms with Crippen molar-refractivity contribution in [3.63, 3.8) is 0 Å². The quantitative estimate of drug-likeness (QED) is 0.843. The van der Waals surface area contributed by atoms with Crippen molar-refractivity contribution >= 4 is 11.8 Å². The fourth-order valence-electron chi connectivity index (χ4n) is 2.49. The minimum absolute atomic E-state index is 0.290. The van der Waals surface area contributed by atoms with Gasteiger partial charge in [-0.25, -0.2) is 9.78 Å². The molecule has 1 saturated heterocycles. The van der Waals surface area contributed by atoms with E-state index in [0.29, 0.717) is 11.9 Å². The Morgan fingerprint density at radius 3 is 2.89 bits per heavy atom. The van der Waals surface area contributed by atoms with Gasteiger partial charge in [-0.3, -0.25) is 0 Å². The third-order valence-corrected chi connectivity index (χ3v) is 3.38. The zero-order chi connectivity index (χ0) is 13.0. The summed E-state index contributed by atoms with van der Waals surface area (Å²) < 4.78 is 0. The molecule has 0 radical (unpaired) electrons. The van der Waals surface area contributed by atoms with E-state index in [0.717, 1.165) is 32.5 Å². The minimum Gasteiger partial charge on any atom is -0.478 e. The summed E-state index contributed by atoms with van der Waals surface area (Å²) in [6.45, 7) is 4.79. The normalized spacial score (nSPS) is 16.5. The highest BCUT2D eigenvalue weighted by Crippen LogP contribution is 2.23. The monoisotopic (exact) mass is 249 g/mol. The Balaban J connectivity index is 2.28. The topological polar surface area (TPSA) is 65.5 Å². The molecule has 2 N–H and O–H groups in total. The molecule has 1 fully saturated rings. The van der Waals surface area contributed by atoms with Gasteiger partial charge in [0.15, 0.2) is 0 Å². The van der Waals surface area contributed by atoms with Crippen molar-refractivity contribution in [1.82, 2.24) is 10.3 Å². The molecule has 1 aromatic rings. The number of aromatic nitrogens is 1. The number of carboxylic acids is 1. The number of rotatable bonds is 4. The number of hydrogen-bond donors (Lipinski definition) is 2. The highest BCUT2D eigenvalue weighted by atomic mass is 16.4. The van der Waals surface area contributed by atoms with Crippen LogP contribution in [-0.2, 0) is 0 Å². The molecule has 98 valence electrons. The second kappa shape index (κ2) is 5.82. The Kier molecular flexibility index (Phi) is 4.15. The van der Waals surface area contributed by atoms with Gasteiger partial charge in [-0.05, 0) is 45.0 Å². The summed E-state index contributed by atoms with van der Waals surface area (Å²) >= 11 is 0. The van der Waals surface area contributed by atoms with Gasteiger partial charge in [0.1, 0.15) is 11.4 Å². The molecule has 0 amide bonds. The molecule has 5 nitrogen and oxygen atoms in total. The van der Waals surface area contributed by atoms with Crippen LogP contribution in [0.3, 0.4) is 0 Å². The van der Waals surface area contributed by atoms with Crippen LogP contribution in [0, 0.1) is 0 Å². The van der Waals surface area contributed by atoms with Crippen LogP contribution in [0.25, 0.3) is 0 Å². The predicted molar refractivity (Wildman–Crippen MR) is 70.1 cm³/mol. The first-order valence-corrected chi connectivity index (χ1v) is 6.39. The lowest BCUT2D eigenvalue weighted by Crippen LogP contribution is -2.44. The van der Waals surface area contributed by atoms with Crippen molar-refractivity contribution in [2.45, 2.75) is 25.8 Å². The smallest absolute Gasteiger partial charge is 0.339 e. The molecule has 0 aliphatic carbocycles. The van der Waals surface area contributed by atoms with E-state index < -0.39 is 5.97 Å². The van der Waals surface area contributed by atoms with E-state index in [1.165, 1.54) is 0 Å². The summed E-state index contributed by atoms with van der Waals surface area (Å²) in [5.41, 5.74) is 0.290. The number of aromatic carboxylic acids is 1. The third kappa shape index (κ3) is 2.61. The van der Waals surface area contributed by atoms with Crippen LogP contribution in [0.15, 0.2) is 18.3 Å². The van der Waals surface area contributed by atoms with Crippen molar-refractivity contribution in [2.75, 3.05) is 24.5 Å². The molecular weight excluding hydrogens is 230 g/mol. The highest BCUT2D eigenvalue weighted by molar-refractivity contribution is 5.93. The summed E-state index contributed by atoms with van der Waals surface area (Å²) in [4.78, 5) is 17.6. The van der Waals surface area contributed by atoms with Gasteiger partial charge < -0.3 is 15.3 Å². The Morgan fingerprint density at radius 2 is 2.28 bits per heavy atom. The molecule has 0 atom stereocenters. The van der Waals surface area contributed by atoms with Gasteiger partial charge in [-0.2, -0.15) is 0 Å². The number of pyridine rings is 1. The fraction of sp³-hybridized carbons (Fsp3) is 0.538. The minimum atomic E-state index is -0.912. The number of nitrogens with one attached hydrogen (secondary N) is 1. The van der Waals surface area contributed by atoms with Crippen molar-refractivity contribution in [1.29, 1.82) is 0 Å². The Morgan fingerprint density at radius 1 is 1.56 bits per heavy atom. The van der Waals surface area contributed by atoms with E-state index in [-0.39, 0.29) is 5.56 Å². The Bertz CT molecular complexity index is 416. The maximum atomic E-state index is 11.2. The molecule has 18 heavy (non-hydrogen) atoms. The van der Waals surface area contributed by atoms with Crippen LogP contribution >= 0.6 is 0 Å². The van der Waals surface area contributed by atoms with Gasteiger partial charge >= 0.3 is 5.97 Å². The Hall–Kier alpha value is -1.62. The summed E-state index contributed by atoms with van der Waals surface area (Å²) in [6.07, 6.45) is 3.72. The second-order valence-corrected chi connectivity index (χ2v) is 4.45. The summed E-state index contributed by atoms with van der Waals surface area (Å²) in [6, 6.07) is 3.67. The lowest BCUT2D eigenvalue weighted by molar-refractivity contribution is 0.0697. The van der Waals surface area contributed by atoms with Crippen molar-refractivity contribution < 1.29 is 9.90 Å². The first kappa shape index (κ1) is 12.8. The number of piperidine rings is 1. The van der Waals surface area contributed by atoms with E-state index >= 15 is 0 Å². The average Bonchev–Trinajstić information content (AvgIpc) is 2.41. The number of hydrogen-bond acceptors (Lipinski definition) is 4. The summed E-state index contributed by atoms with van der Waals surface area (Å²) in [5.74, 6) is -0.315. The number of carbonyl (C=O) groups is 1. The maximum Gasteiger partial charge on any atom is 0.339 e. The molecule has 5 heteroatoms. The SMILES string of the molecule is CCN(c1ncccc1C(=O)O)C1CCNCC1. The van der Waals surface area contributed by atoms with Crippen LogP contribution in [0.2, 0.25) is 0 Å². The zero-order valence-electron chi connectivity index (χ0n) is 10.6. The molecule has 1 aliphatic rings. The van der Waals surface area contributed by atoms with Crippen molar-refractivity contribution in [3.8, 4) is 0 Å². The van der Waals surface area contributed by atoms with E-state index in [9.17, 15) is 9.90 Å². The number of carboxylic acid groups (broad SMARTS) is 1. The van der Waals surface area contributed by atoms with Gasteiger partial charge in [0.25, 0.3) is 0 Å². The van der Waals surface area contributed by atoms with E-state index in [1.54, 1.807) is 18.3 Å². The molecule has 0 spiro atoms. The molecule has 0 unspecified atom stereocenters. The lowest BCUT2D eigenvalue weighted by Gasteiger charge is -2.35. The second-order valence-electron chi connectivity index (χ2n) is 4.45. The highest BCUT2D eigenvalue weighted by Gasteiger charge is 2.24. The summed E-state index contributed by atoms with van der Waals surface area (Å²) in [7, 11) is 0. The van der Waals surface area contributed by atoms with E-state index in [4.69, 9.17) is 0 Å². The molecular formula is C13H19N3O2. The standard InChI is InChI=1S/C13H19N3O2/c1-2-16(10-5-8-14-9-6-10)12-11(13(17)18)4-3-7-15-12/h3-4,7,10,14H,2,5-6,8-9H2,1H3,(H,17,18). The molecule has 0 bridgehead atoms. The molecule has 1 aromatic heterocycles. The first-order valence-electron chi connectivity index (χ1n) is 6.39. The molecule has 1 aliphatic heterocycles. The first-order chi connectivity index (χ1) is 8.74. The van der Waals surface area contributed by atoms with Crippen molar-refractivity contribution in [3.05, 3.63) is 23.9 Å². The van der Waals surface area contributed by atoms with Crippen LogP contribution in [0.4, 0.5) is 5.82 Å². The van der Waals surface area contributed by atoms with Crippen LogP contribution in [0.1, 0.15) is 30.1 Å². The molecule has 2 heterocycles.